The van der Waals surface area contributed by atoms with Crippen molar-refractivity contribution in [2.75, 3.05) is 0 Å². The van der Waals surface area contributed by atoms with Gasteiger partial charge in [0.15, 0.2) is 12.2 Å². The van der Waals surface area contributed by atoms with Crippen molar-refractivity contribution in [3.8, 4) is 0 Å². The van der Waals surface area contributed by atoms with Gasteiger partial charge in [-0.05, 0) is 32.8 Å². The SMILES string of the molecule is CC(=O)O[C@@H]1C2=CC(=O)C(C)(OC(C)=O)C(=O)C2=CO[C@@]12O[C@@H](C)CC[C@H]2OC(C)=O. The third-order valence-electron chi connectivity index (χ3n) is 5.36. The van der Waals surface area contributed by atoms with Crippen LogP contribution in [0.25, 0.3) is 0 Å². The van der Waals surface area contributed by atoms with Gasteiger partial charge in [-0.15, -0.1) is 0 Å². The third-order valence-corrected chi connectivity index (χ3v) is 5.36. The Morgan fingerprint density at radius 3 is 2.26 bits per heavy atom. The monoisotopic (exact) mass is 436 g/mol. The summed E-state index contributed by atoms with van der Waals surface area (Å²) in [6.07, 6.45) is 0.290. The number of ether oxygens (including phenoxy) is 5. The van der Waals surface area contributed by atoms with Gasteiger partial charge in [0.2, 0.25) is 17.2 Å². The smallest absolute Gasteiger partial charge is 0.304 e. The van der Waals surface area contributed by atoms with Crippen molar-refractivity contribution in [2.45, 2.75) is 77.2 Å². The Kier molecular flexibility index (Phi) is 5.79. The molecule has 2 heterocycles. The van der Waals surface area contributed by atoms with Gasteiger partial charge in [0, 0.05) is 26.3 Å². The molecule has 0 aromatic carbocycles. The number of carbonyl (C=O) groups excluding carboxylic acids is 5. The predicted octanol–water partition coefficient (Wildman–Crippen LogP) is 1.06. The van der Waals surface area contributed by atoms with Gasteiger partial charge in [0.1, 0.15) is 0 Å². The molecule has 31 heavy (non-hydrogen) atoms. The van der Waals surface area contributed by atoms with Crippen LogP contribution >= 0.6 is 0 Å². The number of esters is 3. The van der Waals surface area contributed by atoms with Crippen LogP contribution in [-0.2, 0) is 47.7 Å². The maximum atomic E-state index is 13.1. The molecule has 10 heteroatoms. The molecule has 3 aliphatic rings. The van der Waals surface area contributed by atoms with E-state index < -0.39 is 53.1 Å². The number of fused-ring (bicyclic) bond motifs is 1. The van der Waals surface area contributed by atoms with Crippen LogP contribution in [0, 0.1) is 0 Å². The van der Waals surface area contributed by atoms with E-state index in [1.165, 1.54) is 13.8 Å². The van der Waals surface area contributed by atoms with Crippen LogP contribution in [0.4, 0.5) is 0 Å². The predicted molar refractivity (Wildman–Crippen MR) is 101 cm³/mol. The first-order chi connectivity index (χ1) is 14.4. The highest BCUT2D eigenvalue weighted by Crippen LogP contribution is 2.46. The van der Waals surface area contributed by atoms with Gasteiger partial charge in [-0.3, -0.25) is 24.0 Å². The molecule has 1 aliphatic carbocycles. The molecule has 0 bridgehead atoms. The van der Waals surface area contributed by atoms with E-state index in [0.717, 1.165) is 26.2 Å². The summed E-state index contributed by atoms with van der Waals surface area (Å²) >= 11 is 0. The molecule has 1 fully saturated rings. The summed E-state index contributed by atoms with van der Waals surface area (Å²) < 4.78 is 27.7. The first-order valence-corrected chi connectivity index (χ1v) is 9.81. The topological polar surface area (TPSA) is 132 Å². The molecule has 10 nitrogen and oxygen atoms in total. The number of hydrogen-bond donors (Lipinski definition) is 0. The largest absolute Gasteiger partial charge is 0.461 e. The van der Waals surface area contributed by atoms with Gasteiger partial charge in [0.05, 0.1) is 17.9 Å². The molecule has 168 valence electrons. The zero-order valence-corrected chi connectivity index (χ0v) is 17.9. The zero-order valence-electron chi connectivity index (χ0n) is 17.9. The summed E-state index contributed by atoms with van der Waals surface area (Å²) in [7, 11) is 0. The fraction of sp³-hybridized carbons (Fsp3) is 0.571. The molecule has 0 amide bonds. The number of hydrogen-bond acceptors (Lipinski definition) is 10. The lowest BCUT2D eigenvalue weighted by Crippen LogP contribution is -2.65. The number of Topliss-reactive ketones (excluding diaryl/α,β-unsaturated/α-hetero) is 1. The lowest BCUT2D eigenvalue weighted by molar-refractivity contribution is -0.333. The molecule has 2 aliphatic heterocycles. The fourth-order valence-electron chi connectivity index (χ4n) is 4.03. The molecular weight excluding hydrogens is 412 g/mol. The molecule has 0 N–H and O–H groups in total. The van der Waals surface area contributed by atoms with Gasteiger partial charge in [-0.2, -0.15) is 0 Å². The van der Waals surface area contributed by atoms with Crippen LogP contribution in [0.1, 0.15) is 47.5 Å². The Labute approximate surface area is 178 Å². The van der Waals surface area contributed by atoms with E-state index in [4.69, 9.17) is 23.7 Å². The Morgan fingerprint density at radius 1 is 1.03 bits per heavy atom. The molecular formula is C21H24O10. The Balaban J connectivity index is 2.15. The molecule has 0 aromatic rings. The van der Waals surface area contributed by atoms with Crippen molar-refractivity contribution in [3.05, 3.63) is 23.5 Å². The highest BCUT2D eigenvalue weighted by molar-refractivity contribution is 6.26. The second-order valence-electron chi connectivity index (χ2n) is 7.88. The summed E-state index contributed by atoms with van der Waals surface area (Å²) in [5, 5.41) is 0. The quantitative estimate of drug-likeness (QED) is 0.359. The summed E-state index contributed by atoms with van der Waals surface area (Å²) in [6.45, 7) is 6.39. The van der Waals surface area contributed by atoms with Crippen molar-refractivity contribution >= 4 is 29.5 Å². The molecule has 1 spiro atoms. The van der Waals surface area contributed by atoms with Crippen LogP contribution in [0.3, 0.4) is 0 Å². The second kappa shape index (κ2) is 7.92. The Bertz CT molecular complexity index is 915. The number of ketones is 2. The van der Waals surface area contributed by atoms with Crippen LogP contribution in [0.15, 0.2) is 23.5 Å². The number of carbonyl (C=O) groups is 5. The molecule has 0 saturated carbocycles. The Hall–Kier alpha value is -3.01. The van der Waals surface area contributed by atoms with Gasteiger partial charge in [-0.1, -0.05) is 0 Å². The molecule has 1 saturated heterocycles. The molecule has 0 radical (unpaired) electrons. The van der Waals surface area contributed by atoms with Gasteiger partial charge in [-0.25, -0.2) is 0 Å². The molecule has 3 rings (SSSR count). The lowest BCUT2D eigenvalue weighted by atomic mass is 9.75. The summed E-state index contributed by atoms with van der Waals surface area (Å²) in [6, 6.07) is 0. The van der Waals surface area contributed by atoms with Crippen molar-refractivity contribution in [2.24, 2.45) is 0 Å². The van der Waals surface area contributed by atoms with Crippen LogP contribution in [0.5, 0.6) is 0 Å². The van der Waals surface area contributed by atoms with Gasteiger partial charge in [0.25, 0.3) is 5.79 Å². The van der Waals surface area contributed by atoms with Crippen molar-refractivity contribution < 1.29 is 47.7 Å². The molecule has 1 unspecified atom stereocenters. The average molecular weight is 436 g/mol. The molecule has 0 aromatic heterocycles. The van der Waals surface area contributed by atoms with Crippen molar-refractivity contribution in [1.82, 2.24) is 0 Å². The van der Waals surface area contributed by atoms with Gasteiger partial charge < -0.3 is 23.7 Å². The van der Waals surface area contributed by atoms with E-state index in [-0.39, 0.29) is 17.3 Å². The third kappa shape index (κ3) is 3.87. The number of rotatable bonds is 3. The van der Waals surface area contributed by atoms with E-state index >= 15 is 0 Å². The highest BCUT2D eigenvalue weighted by atomic mass is 16.7. The normalized spacial score (nSPS) is 34.7. The summed E-state index contributed by atoms with van der Waals surface area (Å²) in [5.74, 6) is -5.57. The standard InChI is InChI=1S/C21H24O10/c1-10-6-7-17(28-11(2)22)21(30-10)19(29-12(3)23)14-8-16(25)20(5,31-13(4)24)18(26)15(14)9-27-21/h8-10,17,19H,6-7H2,1-5H3/t10-,17+,19+,20?,21-/m0/s1. The summed E-state index contributed by atoms with van der Waals surface area (Å²) in [4.78, 5) is 61.0. The van der Waals surface area contributed by atoms with E-state index in [2.05, 4.69) is 0 Å². The lowest BCUT2D eigenvalue weighted by Gasteiger charge is -2.50. The Morgan fingerprint density at radius 2 is 1.68 bits per heavy atom. The minimum Gasteiger partial charge on any atom is -0.461 e. The van der Waals surface area contributed by atoms with Gasteiger partial charge >= 0.3 is 17.9 Å². The van der Waals surface area contributed by atoms with E-state index in [1.807, 2.05) is 0 Å². The maximum absolute atomic E-state index is 13.1. The van der Waals surface area contributed by atoms with Crippen molar-refractivity contribution in [3.63, 3.8) is 0 Å². The minimum absolute atomic E-state index is 0.0207. The van der Waals surface area contributed by atoms with Crippen LogP contribution < -0.4 is 0 Å². The summed E-state index contributed by atoms with van der Waals surface area (Å²) in [5.41, 5.74) is -2.16. The van der Waals surface area contributed by atoms with Crippen LogP contribution in [0.2, 0.25) is 0 Å². The van der Waals surface area contributed by atoms with E-state index in [0.29, 0.717) is 12.8 Å². The molecule has 5 atom stereocenters. The second-order valence-corrected chi connectivity index (χ2v) is 7.88. The maximum Gasteiger partial charge on any atom is 0.304 e. The first-order valence-electron chi connectivity index (χ1n) is 9.81. The van der Waals surface area contributed by atoms with E-state index in [1.54, 1.807) is 6.92 Å². The van der Waals surface area contributed by atoms with Crippen LogP contribution in [-0.4, -0.2) is 59.2 Å². The highest BCUT2D eigenvalue weighted by Gasteiger charge is 2.62. The first kappa shape index (κ1) is 22.7. The minimum atomic E-state index is -2.08. The van der Waals surface area contributed by atoms with E-state index in [9.17, 15) is 24.0 Å². The van der Waals surface area contributed by atoms with Crippen molar-refractivity contribution in [1.29, 1.82) is 0 Å². The fourth-order valence-corrected chi connectivity index (χ4v) is 4.03. The zero-order chi connectivity index (χ0) is 23.1. The average Bonchev–Trinajstić information content (AvgIpc) is 2.64.